The maximum Gasteiger partial charge on any atom is 0.269 e. The van der Waals surface area contributed by atoms with Crippen LogP contribution in [0.1, 0.15) is 12.8 Å². The second-order valence-corrected chi connectivity index (χ2v) is 5.27. The number of ether oxygens (including phenoxy) is 1. The first-order valence-corrected chi connectivity index (χ1v) is 6.43. The average molecular weight is 290 g/mol. The van der Waals surface area contributed by atoms with Crippen LogP contribution < -0.4 is 5.73 Å². The van der Waals surface area contributed by atoms with Crippen molar-refractivity contribution in [3.8, 4) is 11.4 Å². The number of nitro groups is 1. The van der Waals surface area contributed by atoms with E-state index in [1.165, 1.54) is 12.1 Å². The van der Waals surface area contributed by atoms with Crippen LogP contribution in [0.15, 0.2) is 28.8 Å². The van der Waals surface area contributed by atoms with E-state index in [0.717, 1.165) is 0 Å². The number of nitro benzene ring substituents is 1. The van der Waals surface area contributed by atoms with E-state index in [0.29, 0.717) is 30.5 Å². The van der Waals surface area contributed by atoms with Crippen molar-refractivity contribution in [2.75, 3.05) is 13.2 Å². The molecule has 1 aliphatic heterocycles. The smallest absolute Gasteiger partial charge is 0.269 e. The molecule has 2 atom stereocenters. The lowest BCUT2D eigenvalue weighted by atomic mass is 9.86. The first kappa shape index (κ1) is 13.7. The highest BCUT2D eigenvalue weighted by molar-refractivity contribution is 5.56. The molecule has 0 amide bonds. The lowest BCUT2D eigenvalue weighted by molar-refractivity contribution is -0.384. The van der Waals surface area contributed by atoms with Gasteiger partial charge in [-0.3, -0.25) is 10.1 Å². The van der Waals surface area contributed by atoms with Crippen molar-refractivity contribution in [1.82, 2.24) is 10.1 Å². The highest BCUT2D eigenvalue weighted by Crippen LogP contribution is 2.32. The summed E-state index contributed by atoms with van der Waals surface area (Å²) in [4.78, 5) is 14.5. The lowest BCUT2D eigenvalue weighted by Gasteiger charge is -2.21. The van der Waals surface area contributed by atoms with Crippen LogP contribution in [0.25, 0.3) is 11.4 Å². The molecular weight excluding hydrogens is 276 g/mol. The van der Waals surface area contributed by atoms with E-state index in [9.17, 15) is 10.1 Å². The minimum absolute atomic E-state index is 0.0145. The second-order valence-electron chi connectivity index (χ2n) is 5.27. The monoisotopic (exact) mass is 290 g/mol. The molecule has 2 aromatic rings. The molecule has 1 aromatic carbocycles. The molecule has 110 valence electrons. The zero-order chi connectivity index (χ0) is 15.0. The predicted molar refractivity (Wildman–Crippen MR) is 72.5 cm³/mol. The zero-order valence-electron chi connectivity index (χ0n) is 11.4. The van der Waals surface area contributed by atoms with Gasteiger partial charge in [0.05, 0.1) is 23.6 Å². The summed E-state index contributed by atoms with van der Waals surface area (Å²) in [5.41, 5.74) is 6.17. The van der Waals surface area contributed by atoms with Crippen molar-refractivity contribution in [2.24, 2.45) is 5.73 Å². The molecule has 0 radical (unpaired) electrons. The third-order valence-electron chi connectivity index (χ3n) is 3.77. The van der Waals surface area contributed by atoms with Crippen LogP contribution in [-0.2, 0) is 10.2 Å². The highest BCUT2D eigenvalue weighted by atomic mass is 16.6. The van der Waals surface area contributed by atoms with Crippen LogP contribution >= 0.6 is 0 Å². The van der Waals surface area contributed by atoms with Crippen molar-refractivity contribution < 1.29 is 14.2 Å². The molecule has 1 aliphatic rings. The first-order chi connectivity index (χ1) is 10.0. The Morgan fingerprint density at radius 1 is 1.43 bits per heavy atom. The number of nitrogens with zero attached hydrogens (tertiary/aromatic N) is 3. The molecule has 2 unspecified atom stereocenters. The normalized spacial score (nSPS) is 25.1. The SMILES string of the molecule is CC1(c2nc(-c3ccc([N+](=O)[O-])cc3)no2)COCC1N. The van der Waals surface area contributed by atoms with Crippen molar-refractivity contribution in [2.45, 2.75) is 18.4 Å². The van der Waals surface area contributed by atoms with Gasteiger partial charge in [0.2, 0.25) is 11.7 Å². The molecule has 8 nitrogen and oxygen atoms in total. The van der Waals surface area contributed by atoms with E-state index in [-0.39, 0.29) is 11.7 Å². The largest absolute Gasteiger partial charge is 0.379 e. The Morgan fingerprint density at radius 2 is 2.14 bits per heavy atom. The van der Waals surface area contributed by atoms with Crippen molar-refractivity contribution >= 4 is 5.69 Å². The van der Waals surface area contributed by atoms with E-state index in [1.807, 2.05) is 6.92 Å². The minimum atomic E-state index is -0.508. The number of nitrogens with two attached hydrogens (primary N) is 1. The molecule has 0 aliphatic carbocycles. The van der Waals surface area contributed by atoms with Gasteiger partial charge in [-0.15, -0.1) is 0 Å². The third-order valence-corrected chi connectivity index (χ3v) is 3.77. The van der Waals surface area contributed by atoms with Crippen LogP contribution in [0.3, 0.4) is 0 Å². The minimum Gasteiger partial charge on any atom is -0.379 e. The fourth-order valence-corrected chi connectivity index (χ4v) is 2.21. The first-order valence-electron chi connectivity index (χ1n) is 6.43. The van der Waals surface area contributed by atoms with Crippen molar-refractivity contribution in [1.29, 1.82) is 0 Å². The van der Waals surface area contributed by atoms with Crippen LogP contribution in [0.4, 0.5) is 5.69 Å². The van der Waals surface area contributed by atoms with Crippen LogP contribution in [0, 0.1) is 10.1 Å². The molecule has 8 heteroatoms. The third kappa shape index (κ3) is 2.28. The van der Waals surface area contributed by atoms with Gasteiger partial charge in [0.15, 0.2) is 0 Å². The number of hydrogen-bond acceptors (Lipinski definition) is 7. The zero-order valence-corrected chi connectivity index (χ0v) is 11.4. The number of aromatic nitrogens is 2. The summed E-state index contributed by atoms with van der Waals surface area (Å²) in [5, 5.41) is 14.6. The Morgan fingerprint density at radius 3 is 2.71 bits per heavy atom. The van der Waals surface area contributed by atoms with E-state index >= 15 is 0 Å². The van der Waals surface area contributed by atoms with E-state index in [4.69, 9.17) is 15.0 Å². The molecule has 0 saturated carbocycles. The number of hydrogen-bond donors (Lipinski definition) is 1. The number of benzene rings is 1. The maximum absolute atomic E-state index is 10.6. The molecule has 2 heterocycles. The van der Waals surface area contributed by atoms with E-state index in [1.54, 1.807) is 12.1 Å². The van der Waals surface area contributed by atoms with Crippen molar-refractivity contribution in [3.63, 3.8) is 0 Å². The molecule has 0 spiro atoms. The summed E-state index contributed by atoms with van der Waals surface area (Å²) < 4.78 is 10.7. The van der Waals surface area contributed by atoms with Gasteiger partial charge in [0, 0.05) is 23.7 Å². The second kappa shape index (κ2) is 4.90. The van der Waals surface area contributed by atoms with Crippen LogP contribution in [0.2, 0.25) is 0 Å². The summed E-state index contributed by atoms with van der Waals surface area (Å²) in [6.07, 6.45) is 0. The molecule has 0 bridgehead atoms. The molecule has 2 N–H and O–H groups in total. The molecule has 1 saturated heterocycles. The Kier molecular flexibility index (Phi) is 3.19. The fourth-order valence-electron chi connectivity index (χ4n) is 2.21. The Balaban J connectivity index is 1.89. The van der Waals surface area contributed by atoms with Gasteiger partial charge >= 0.3 is 0 Å². The van der Waals surface area contributed by atoms with Gasteiger partial charge in [-0.05, 0) is 19.1 Å². The predicted octanol–water partition coefficient (Wildman–Crippen LogP) is 1.26. The lowest BCUT2D eigenvalue weighted by Crippen LogP contribution is -2.42. The highest BCUT2D eigenvalue weighted by Gasteiger charge is 2.44. The van der Waals surface area contributed by atoms with Gasteiger partial charge in [-0.25, -0.2) is 0 Å². The van der Waals surface area contributed by atoms with Gasteiger partial charge in [-0.1, -0.05) is 5.16 Å². The Labute approximate surface area is 120 Å². The standard InChI is InChI=1S/C13H14N4O4/c1-13(7-20-6-10(13)14)12-15-11(16-21-12)8-2-4-9(5-3-8)17(18)19/h2-5,10H,6-7,14H2,1H3. The van der Waals surface area contributed by atoms with E-state index < -0.39 is 10.3 Å². The Hall–Kier alpha value is -2.32. The quantitative estimate of drug-likeness (QED) is 0.667. The topological polar surface area (TPSA) is 117 Å². The summed E-state index contributed by atoms with van der Waals surface area (Å²) in [5.74, 6) is 0.793. The molecule has 1 aromatic heterocycles. The van der Waals surface area contributed by atoms with Gasteiger partial charge in [-0.2, -0.15) is 4.98 Å². The average Bonchev–Trinajstić information content (AvgIpc) is 3.08. The van der Waals surface area contributed by atoms with Crippen LogP contribution in [-0.4, -0.2) is 34.3 Å². The fraction of sp³-hybridized carbons (Fsp3) is 0.385. The maximum atomic E-state index is 10.6. The van der Waals surface area contributed by atoms with E-state index in [2.05, 4.69) is 10.1 Å². The van der Waals surface area contributed by atoms with Gasteiger partial charge in [0.25, 0.3) is 5.69 Å². The van der Waals surface area contributed by atoms with Crippen molar-refractivity contribution in [3.05, 3.63) is 40.3 Å². The Bertz CT molecular complexity index is 669. The van der Waals surface area contributed by atoms with Gasteiger partial charge in [0.1, 0.15) is 0 Å². The molecule has 1 fully saturated rings. The number of non-ortho nitro benzene ring substituents is 1. The summed E-state index contributed by atoms with van der Waals surface area (Å²) in [7, 11) is 0. The van der Waals surface area contributed by atoms with Crippen LogP contribution in [0.5, 0.6) is 0 Å². The molecule has 21 heavy (non-hydrogen) atoms. The number of rotatable bonds is 3. The molecular formula is C13H14N4O4. The summed E-state index contributed by atoms with van der Waals surface area (Å²) in [6, 6.07) is 5.76. The van der Waals surface area contributed by atoms with Gasteiger partial charge < -0.3 is 15.0 Å². The summed E-state index contributed by atoms with van der Waals surface area (Å²) in [6.45, 7) is 2.79. The summed E-state index contributed by atoms with van der Waals surface area (Å²) >= 11 is 0. The molecule has 3 rings (SSSR count).